The van der Waals surface area contributed by atoms with Crippen molar-refractivity contribution in [2.75, 3.05) is 11.6 Å². The Balaban J connectivity index is 2.17. The molecule has 21 heavy (non-hydrogen) atoms. The highest BCUT2D eigenvalue weighted by atomic mass is 35.5. The topological polar surface area (TPSA) is 46.9 Å². The number of benzene rings is 1. The molecule has 0 fully saturated rings. The number of halogens is 2. The van der Waals surface area contributed by atoms with Crippen molar-refractivity contribution >= 4 is 46.7 Å². The van der Waals surface area contributed by atoms with Gasteiger partial charge in [-0.3, -0.25) is 4.79 Å². The van der Waals surface area contributed by atoms with Crippen molar-refractivity contribution in [3.8, 4) is 0 Å². The van der Waals surface area contributed by atoms with Gasteiger partial charge in [-0.05, 0) is 24.8 Å². The Kier molecular flexibility index (Phi) is 5.56. The number of carbonyl (C=O) groups excluding carboxylic acids is 1. The van der Waals surface area contributed by atoms with Gasteiger partial charge in [0.15, 0.2) is 0 Å². The first-order valence-electron chi connectivity index (χ1n) is 6.31. The van der Waals surface area contributed by atoms with Gasteiger partial charge in [-0.1, -0.05) is 35.3 Å². The fourth-order valence-corrected chi connectivity index (χ4v) is 2.38. The van der Waals surface area contributed by atoms with Crippen LogP contribution in [0.25, 0.3) is 0 Å². The second kappa shape index (κ2) is 7.20. The largest absolute Gasteiger partial charge is 0.310 e. The van der Waals surface area contributed by atoms with Gasteiger partial charge >= 0.3 is 0 Å². The fraction of sp³-hybridized carbons (Fsp3) is 0.286. The number of hydrogen-bond donors (Lipinski definition) is 1. The maximum atomic E-state index is 11.9. The van der Waals surface area contributed by atoms with Gasteiger partial charge in [0, 0.05) is 6.07 Å². The summed E-state index contributed by atoms with van der Waals surface area (Å²) in [7, 11) is 0. The van der Waals surface area contributed by atoms with Gasteiger partial charge in [0.05, 0.1) is 28.0 Å². The molecule has 0 bridgehead atoms. The van der Waals surface area contributed by atoms with Crippen molar-refractivity contribution in [2.24, 2.45) is 0 Å². The summed E-state index contributed by atoms with van der Waals surface area (Å²) >= 11 is 13.7. The summed E-state index contributed by atoms with van der Waals surface area (Å²) in [5, 5.41) is 7.96. The Morgan fingerprint density at radius 2 is 2.19 bits per heavy atom. The van der Waals surface area contributed by atoms with E-state index in [-0.39, 0.29) is 11.2 Å². The highest BCUT2D eigenvalue weighted by Crippen LogP contribution is 2.26. The second-order valence-electron chi connectivity index (χ2n) is 4.45. The summed E-state index contributed by atoms with van der Waals surface area (Å²) in [5.41, 5.74) is 0.848. The van der Waals surface area contributed by atoms with Crippen molar-refractivity contribution in [1.82, 2.24) is 9.78 Å². The number of amides is 1. The summed E-state index contributed by atoms with van der Waals surface area (Å²) in [4.78, 5) is 11.9. The average Bonchev–Trinajstić information content (AvgIpc) is 2.90. The minimum atomic E-state index is -0.122. The van der Waals surface area contributed by atoms with Crippen molar-refractivity contribution in [3.63, 3.8) is 0 Å². The summed E-state index contributed by atoms with van der Waals surface area (Å²) < 4.78 is 1.68. The molecule has 0 spiro atoms. The molecule has 2 rings (SSSR count). The zero-order valence-corrected chi connectivity index (χ0v) is 14.0. The lowest BCUT2D eigenvalue weighted by atomic mass is 10.2. The molecule has 0 radical (unpaired) electrons. The predicted octanol–water partition coefficient (Wildman–Crippen LogP) is 3.93. The number of anilines is 1. The lowest BCUT2D eigenvalue weighted by molar-refractivity contribution is -0.115. The number of aromatic nitrogens is 2. The summed E-state index contributed by atoms with van der Waals surface area (Å²) in [5.74, 6) is 0.582. The van der Waals surface area contributed by atoms with E-state index in [0.29, 0.717) is 22.4 Å². The first-order valence-corrected chi connectivity index (χ1v) is 8.35. The molecule has 1 atom stereocenters. The molecule has 1 aromatic carbocycles. The van der Waals surface area contributed by atoms with Crippen LogP contribution in [0.1, 0.15) is 12.5 Å². The monoisotopic (exact) mass is 343 g/mol. The number of nitrogens with zero attached hydrogens (tertiary/aromatic N) is 2. The van der Waals surface area contributed by atoms with Crippen LogP contribution in [0.2, 0.25) is 10.0 Å². The summed E-state index contributed by atoms with van der Waals surface area (Å²) in [6.45, 7) is 2.30. The Hall–Kier alpha value is -1.17. The number of hydrogen-bond acceptors (Lipinski definition) is 3. The Morgan fingerprint density at radius 1 is 1.43 bits per heavy atom. The van der Waals surface area contributed by atoms with E-state index in [1.807, 2.05) is 25.3 Å². The highest BCUT2D eigenvalue weighted by molar-refractivity contribution is 7.99. The van der Waals surface area contributed by atoms with E-state index in [1.54, 1.807) is 23.0 Å². The Morgan fingerprint density at radius 3 is 2.90 bits per heavy atom. The van der Waals surface area contributed by atoms with E-state index in [2.05, 4.69) is 10.4 Å². The summed E-state index contributed by atoms with van der Waals surface area (Å²) in [6, 6.07) is 7.20. The maximum Gasteiger partial charge on any atom is 0.238 e. The highest BCUT2D eigenvalue weighted by Gasteiger charge is 2.14. The van der Waals surface area contributed by atoms with E-state index in [0.717, 1.165) is 5.56 Å². The molecule has 1 aromatic heterocycles. The smallest absolute Gasteiger partial charge is 0.238 e. The van der Waals surface area contributed by atoms with Crippen molar-refractivity contribution < 1.29 is 4.79 Å². The third-order valence-corrected chi connectivity index (χ3v) is 4.82. The molecule has 0 aliphatic rings. The Bertz CT molecular complexity index is 645. The van der Waals surface area contributed by atoms with E-state index in [9.17, 15) is 4.79 Å². The third kappa shape index (κ3) is 3.93. The molecule has 112 valence electrons. The van der Waals surface area contributed by atoms with Gasteiger partial charge in [-0.25, -0.2) is 4.68 Å². The van der Waals surface area contributed by atoms with E-state index < -0.39 is 0 Å². The van der Waals surface area contributed by atoms with E-state index in [4.69, 9.17) is 23.2 Å². The standard InChI is InChI=1S/C14H15Cl2N3OS/c1-9(21-2)14(20)18-12-6-7-17-19(12)8-10-4-3-5-11(15)13(10)16/h3-7,9H,8H2,1-2H3,(H,18,20)/t9-/m0/s1. The Labute approximate surface area is 137 Å². The minimum Gasteiger partial charge on any atom is -0.310 e. The van der Waals surface area contributed by atoms with Crippen LogP contribution in [-0.2, 0) is 11.3 Å². The molecule has 1 N–H and O–H groups in total. The van der Waals surface area contributed by atoms with Crippen molar-refractivity contribution in [3.05, 3.63) is 46.1 Å². The van der Waals surface area contributed by atoms with Crippen LogP contribution in [0.15, 0.2) is 30.5 Å². The SMILES string of the molecule is CS[C@@H](C)C(=O)Nc1ccnn1Cc1cccc(Cl)c1Cl. The minimum absolute atomic E-state index is 0.0542. The van der Waals surface area contributed by atoms with Gasteiger partial charge in [-0.2, -0.15) is 16.9 Å². The second-order valence-corrected chi connectivity index (χ2v) is 6.42. The van der Waals surface area contributed by atoms with Gasteiger partial charge in [0.25, 0.3) is 0 Å². The summed E-state index contributed by atoms with van der Waals surface area (Å²) in [6.07, 6.45) is 3.53. The molecule has 0 saturated heterocycles. The van der Waals surface area contributed by atoms with Crippen LogP contribution < -0.4 is 5.32 Å². The molecule has 7 heteroatoms. The lowest BCUT2D eigenvalue weighted by Gasteiger charge is -2.12. The van der Waals surface area contributed by atoms with Crippen LogP contribution in [0.3, 0.4) is 0 Å². The average molecular weight is 344 g/mol. The van der Waals surface area contributed by atoms with E-state index in [1.165, 1.54) is 11.8 Å². The third-order valence-electron chi connectivity index (χ3n) is 3.04. The zero-order chi connectivity index (χ0) is 15.4. The molecule has 4 nitrogen and oxygen atoms in total. The number of nitrogens with one attached hydrogen (secondary N) is 1. The molecule has 0 aliphatic carbocycles. The fourth-order valence-electron chi connectivity index (χ4n) is 1.73. The number of rotatable bonds is 5. The molecule has 0 unspecified atom stereocenters. The van der Waals surface area contributed by atoms with Gasteiger partial charge in [-0.15, -0.1) is 0 Å². The van der Waals surface area contributed by atoms with E-state index >= 15 is 0 Å². The van der Waals surface area contributed by atoms with Crippen LogP contribution in [0.4, 0.5) is 5.82 Å². The molecule has 1 amide bonds. The van der Waals surface area contributed by atoms with Gasteiger partial charge in [0.2, 0.25) is 5.91 Å². The first-order chi connectivity index (χ1) is 10.0. The number of carbonyl (C=O) groups is 1. The molecule has 0 aliphatic heterocycles. The molecule has 0 saturated carbocycles. The zero-order valence-electron chi connectivity index (χ0n) is 11.6. The molecular formula is C14H15Cl2N3OS. The van der Waals surface area contributed by atoms with Crippen LogP contribution >= 0.6 is 35.0 Å². The van der Waals surface area contributed by atoms with Crippen molar-refractivity contribution in [1.29, 1.82) is 0 Å². The molecular weight excluding hydrogens is 329 g/mol. The van der Waals surface area contributed by atoms with Crippen LogP contribution in [0.5, 0.6) is 0 Å². The molecule has 2 aromatic rings. The van der Waals surface area contributed by atoms with Gasteiger partial charge in [0.1, 0.15) is 5.82 Å². The van der Waals surface area contributed by atoms with Crippen LogP contribution in [-0.4, -0.2) is 27.2 Å². The lowest BCUT2D eigenvalue weighted by Crippen LogP contribution is -2.24. The van der Waals surface area contributed by atoms with Crippen LogP contribution in [0, 0.1) is 0 Å². The molecule has 1 heterocycles. The first kappa shape index (κ1) is 16.2. The number of thioether (sulfide) groups is 1. The predicted molar refractivity (Wildman–Crippen MR) is 89.4 cm³/mol. The van der Waals surface area contributed by atoms with Crippen molar-refractivity contribution in [2.45, 2.75) is 18.7 Å². The maximum absolute atomic E-state index is 11.9. The van der Waals surface area contributed by atoms with Gasteiger partial charge < -0.3 is 5.32 Å². The normalized spacial score (nSPS) is 12.2. The quantitative estimate of drug-likeness (QED) is 0.894.